The number of nitrogens with one attached hydrogen (secondary N) is 1. The highest BCUT2D eigenvalue weighted by Crippen LogP contribution is 2.33. The smallest absolute Gasteiger partial charge is 0.259 e. The molecule has 25 heavy (non-hydrogen) atoms. The van der Waals surface area contributed by atoms with Gasteiger partial charge in [0.05, 0.1) is 6.04 Å². The van der Waals surface area contributed by atoms with E-state index in [-0.39, 0.29) is 17.9 Å². The van der Waals surface area contributed by atoms with Crippen LogP contribution in [-0.2, 0) is 4.79 Å². The van der Waals surface area contributed by atoms with E-state index < -0.39 is 6.04 Å². The summed E-state index contributed by atoms with van der Waals surface area (Å²) < 4.78 is 0. The SMILES string of the molecule is C=C1c2ccccc2C(=O)N1C(C)C(=O)NC(C)c1cc(C)sc1C. The monoisotopic (exact) mass is 354 g/mol. The second-order valence-electron chi connectivity index (χ2n) is 6.44. The van der Waals surface area contributed by atoms with Crippen molar-refractivity contribution in [3.05, 3.63) is 63.4 Å². The summed E-state index contributed by atoms with van der Waals surface area (Å²) in [6, 6.07) is 8.71. The molecule has 130 valence electrons. The van der Waals surface area contributed by atoms with Crippen molar-refractivity contribution in [3.8, 4) is 0 Å². The molecule has 1 aromatic carbocycles. The summed E-state index contributed by atoms with van der Waals surface area (Å²) in [5.41, 5.74) is 3.10. The van der Waals surface area contributed by atoms with E-state index in [0.29, 0.717) is 11.3 Å². The number of fused-ring (bicyclic) bond motifs is 1. The lowest BCUT2D eigenvalue weighted by molar-refractivity contribution is -0.124. The fourth-order valence-electron chi connectivity index (χ4n) is 3.32. The molecule has 0 fully saturated rings. The minimum atomic E-state index is -0.616. The lowest BCUT2D eigenvalue weighted by atomic mass is 10.1. The quantitative estimate of drug-likeness (QED) is 0.900. The summed E-state index contributed by atoms with van der Waals surface area (Å²) in [4.78, 5) is 29.3. The van der Waals surface area contributed by atoms with Crippen molar-refractivity contribution >= 4 is 28.8 Å². The summed E-state index contributed by atoms with van der Waals surface area (Å²) in [6.07, 6.45) is 0. The first kappa shape index (κ1) is 17.4. The third-order valence-corrected chi connectivity index (χ3v) is 5.63. The number of hydrogen-bond donors (Lipinski definition) is 1. The molecule has 2 amide bonds. The summed E-state index contributed by atoms with van der Waals surface area (Å²) in [5.74, 6) is -0.350. The lowest BCUT2D eigenvalue weighted by Crippen LogP contribution is -2.45. The van der Waals surface area contributed by atoms with Crippen LogP contribution in [0.3, 0.4) is 0 Å². The first-order valence-electron chi connectivity index (χ1n) is 8.30. The van der Waals surface area contributed by atoms with Crippen LogP contribution in [-0.4, -0.2) is 22.8 Å². The van der Waals surface area contributed by atoms with Gasteiger partial charge in [-0.15, -0.1) is 11.3 Å². The van der Waals surface area contributed by atoms with E-state index in [9.17, 15) is 9.59 Å². The van der Waals surface area contributed by atoms with E-state index >= 15 is 0 Å². The fourth-order valence-corrected chi connectivity index (χ4v) is 4.34. The molecule has 0 radical (unpaired) electrons. The number of carbonyl (C=O) groups is 2. The molecule has 3 rings (SSSR count). The first-order chi connectivity index (χ1) is 11.8. The number of amides is 2. The van der Waals surface area contributed by atoms with Gasteiger partial charge < -0.3 is 5.32 Å². The summed E-state index contributed by atoms with van der Waals surface area (Å²) >= 11 is 1.72. The van der Waals surface area contributed by atoms with Crippen LogP contribution in [0.25, 0.3) is 5.70 Å². The fraction of sp³-hybridized carbons (Fsp3) is 0.300. The predicted octanol–water partition coefficient (Wildman–Crippen LogP) is 4.06. The molecule has 1 N–H and O–H groups in total. The molecular weight excluding hydrogens is 332 g/mol. The molecule has 0 saturated carbocycles. The van der Waals surface area contributed by atoms with Crippen LogP contribution >= 0.6 is 11.3 Å². The van der Waals surface area contributed by atoms with Crippen LogP contribution in [0.2, 0.25) is 0 Å². The van der Waals surface area contributed by atoms with Crippen molar-refractivity contribution in [2.24, 2.45) is 0 Å². The zero-order chi connectivity index (χ0) is 18.3. The maximum Gasteiger partial charge on any atom is 0.259 e. The Bertz CT molecular complexity index is 833. The van der Waals surface area contributed by atoms with Crippen molar-refractivity contribution in [2.45, 2.75) is 39.8 Å². The van der Waals surface area contributed by atoms with Gasteiger partial charge in [-0.2, -0.15) is 0 Å². The largest absolute Gasteiger partial charge is 0.348 e. The molecule has 4 nitrogen and oxygen atoms in total. The van der Waals surface area contributed by atoms with Crippen LogP contribution in [0.1, 0.15) is 51.1 Å². The van der Waals surface area contributed by atoms with Crippen LogP contribution in [0.4, 0.5) is 0 Å². The Morgan fingerprint density at radius 3 is 2.40 bits per heavy atom. The molecular formula is C20H22N2O2S. The van der Waals surface area contributed by atoms with Gasteiger partial charge in [-0.05, 0) is 45.4 Å². The summed E-state index contributed by atoms with van der Waals surface area (Å²) in [5, 5.41) is 3.03. The highest BCUT2D eigenvalue weighted by molar-refractivity contribution is 7.12. The summed E-state index contributed by atoms with van der Waals surface area (Å²) in [6.45, 7) is 11.8. The highest BCUT2D eigenvalue weighted by atomic mass is 32.1. The normalized spacial score (nSPS) is 15.9. The topological polar surface area (TPSA) is 49.4 Å². The number of rotatable bonds is 4. The van der Waals surface area contributed by atoms with E-state index in [1.54, 1.807) is 24.3 Å². The van der Waals surface area contributed by atoms with Crippen molar-refractivity contribution in [2.75, 3.05) is 0 Å². The molecule has 1 aromatic heterocycles. The molecule has 0 saturated heterocycles. The van der Waals surface area contributed by atoms with E-state index in [0.717, 1.165) is 11.1 Å². The predicted molar refractivity (Wildman–Crippen MR) is 101 cm³/mol. The van der Waals surface area contributed by atoms with Gasteiger partial charge in [0.1, 0.15) is 6.04 Å². The Labute approximate surface area is 152 Å². The molecule has 2 heterocycles. The van der Waals surface area contributed by atoms with E-state index in [1.165, 1.54) is 14.7 Å². The average Bonchev–Trinajstić information content (AvgIpc) is 3.04. The molecule has 2 aromatic rings. The zero-order valence-electron chi connectivity index (χ0n) is 14.9. The number of hydrogen-bond acceptors (Lipinski definition) is 3. The summed E-state index contributed by atoms with van der Waals surface area (Å²) in [7, 11) is 0. The van der Waals surface area contributed by atoms with Gasteiger partial charge in [-0.3, -0.25) is 14.5 Å². The standard InChI is InChI=1S/C20H22N2O2S/c1-11-10-18(15(5)25-11)12(2)21-19(23)14(4)22-13(3)16-8-6-7-9-17(16)20(22)24/h6-10,12,14H,3H2,1-2,4-5H3,(H,21,23). The van der Waals surface area contributed by atoms with E-state index in [1.807, 2.05) is 25.1 Å². The molecule has 1 aliphatic heterocycles. The second kappa shape index (κ2) is 6.48. The van der Waals surface area contributed by atoms with Crippen LogP contribution in [0, 0.1) is 13.8 Å². The Balaban J connectivity index is 1.76. The van der Waals surface area contributed by atoms with E-state index in [2.05, 4.69) is 31.8 Å². The Kier molecular flexibility index (Phi) is 4.52. The van der Waals surface area contributed by atoms with Gasteiger partial charge in [0.15, 0.2) is 0 Å². The zero-order valence-corrected chi connectivity index (χ0v) is 15.7. The van der Waals surface area contributed by atoms with Crippen molar-refractivity contribution in [3.63, 3.8) is 0 Å². The maximum absolute atomic E-state index is 12.7. The Morgan fingerprint density at radius 2 is 1.84 bits per heavy atom. The number of benzene rings is 1. The molecule has 0 bridgehead atoms. The molecule has 1 aliphatic rings. The van der Waals surface area contributed by atoms with Gasteiger partial charge in [-0.1, -0.05) is 24.8 Å². The Hall–Kier alpha value is -2.40. The molecule has 0 spiro atoms. The molecule has 5 heteroatoms. The van der Waals surface area contributed by atoms with Gasteiger partial charge in [0.2, 0.25) is 5.91 Å². The number of nitrogens with zero attached hydrogens (tertiary/aromatic N) is 1. The minimum Gasteiger partial charge on any atom is -0.348 e. The van der Waals surface area contributed by atoms with E-state index in [4.69, 9.17) is 0 Å². The van der Waals surface area contributed by atoms with Crippen molar-refractivity contribution in [1.82, 2.24) is 10.2 Å². The van der Waals surface area contributed by atoms with Crippen LogP contribution in [0.15, 0.2) is 36.9 Å². The van der Waals surface area contributed by atoms with Crippen molar-refractivity contribution in [1.29, 1.82) is 0 Å². The third-order valence-electron chi connectivity index (χ3n) is 4.65. The lowest BCUT2D eigenvalue weighted by Gasteiger charge is -2.26. The molecule has 2 atom stereocenters. The third kappa shape index (κ3) is 3.00. The van der Waals surface area contributed by atoms with Crippen LogP contribution in [0.5, 0.6) is 0 Å². The van der Waals surface area contributed by atoms with Gasteiger partial charge in [0.25, 0.3) is 5.91 Å². The minimum absolute atomic E-state index is 0.103. The van der Waals surface area contributed by atoms with Crippen molar-refractivity contribution < 1.29 is 9.59 Å². The Morgan fingerprint density at radius 1 is 1.20 bits per heavy atom. The van der Waals surface area contributed by atoms with Gasteiger partial charge in [-0.25, -0.2) is 0 Å². The maximum atomic E-state index is 12.7. The van der Waals surface area contributed by atoms with Gasteiger partial charge >= 0.3 is 0 Å². The number of thiophene rings is 1. The van der Waals surface area contributed by atoms with Gasteiger partial charge in [0, 0.05) is 26.6 Å². The average molecular weight is 354 g/mol. The van der Waals surface area contributed by atoms with Crippen LogP contribution < -0.4 is 5.32 Å². The molecule has 0 aliphatic carbocycles. The number of carbonyl (C=O) groups excluding carboxylic acids is 2. The highest BCUT2D eigenvalue weighted by Gasteiger charge is 2.37. The molecule has 2 unspecified atom stereocenters. The second-order valence-corrected chi connectivity index (χ2v) is 7.90. The number of aryl methyl sites for hydroxylation is 2. The first-order valence-corrected chi connectivity index (χ1v) is 9.12.